The van der Waals surface area contributed by atoms with Crippen LogP contribution in [-0.2, 0) is 0 Å². The van der Waals surface area contributed by atoms with Gasteiger partial charge in [-0.25, -0.2) is 0 Å². The number of nitrogens with zero attached hydrogens (tertiary/aromatic N) is 1. The molecule has 1 aromatic rings. The lowest BCUT2D eigenvalue weighted by molar-refractivity contribution is 0.555. The van der Waals surface area contributed by atoms with Crippen molar-refractivity contribution in [3.8, 4) is 0 Å². The molecule has 2 atom stereocenters. The van der Waals surface area contributed by atoms with Crippen molar-refractivity contribution in [1.29, 1.82) is 0 Å². The van der Waals surface area contributed by atoms with Gasteiger partial charge in [0, 0.05) is 23.1 Å². The summed E-state index contributed by atoms with van der Waals surface area (Å²) in [5.74, 6) is 0. The zero-order valence-electron chi connectivity index (χ0n) is 12.0. The van der Waals surface area contributed by atoms with Crippen molar-refractivity contribution in [3.05, 3.63) is 28.2 Å². The van der Waals surface area contributed by atoms with Crippen molar-refractivity contribution < 1.29 is 0 Å². The average molecular weight is 325 g/mol. The number of benzene rings is 1. The maximum absolute atomic E-state index is 5.96. The van der Waals surface area contributed by atoms with Gasteiger partial charge in [-0.05, 0) is 59.8 Å². The van der Waals surface area contributed by atoms with Gasteiger partial charge in [0.1, 0.15) is 0 Å². The summed E-state index contributed by atoms with van der Waals surface area (Å²) in [6.07, 6.45) is 6.57. The Labute approximate surface area is 125 Å². The lowest BCUT2D eigenvalue weighted by Gasteiger charge is -2.32. The maximum Gasteiger partial charge on any atom is 0.0513 e. The monoisotopic (exact) mass is 324 g/mol. The summed E-state index contributed by atoms with van der Waals surface area (Å²) in [7, 11) is 0. The van der Waals surface area contributed by atoms with E-state index >= 15 is 0 Å². The molecule has 1 aliphatic heterocycles. The summed E-state index contributed by atoms with van der Waals surface area (Å²) in [5, 5.41) is 0. The number of rotatable bonds is 3. The maximum atomic E-state index is 5.96. The molecule has 0 bridgehead atoms. The summed E-state index contributed by atoms with van der Waals surface area (Å²) < 4.78 is 1.18. The van der Waals surface area contributed by atoms with Crippen molar-refractivity contribution in [2.24, 2.45) is 5.73 Å². The molecule has 0 spiro atoms. The number of hydrogen-bond donors (Lipinski definition) is 1. The van der Waals surface area contributed by atoms with Crippen LogP contribution < -0.4 is 10.6 Å². The molecule has 0 aromatic heterocycles. The fourth-order valence-electron chi connectivity index (χ4n) is 2.96. The fraction of sp³-hybridized carbons (Fsp3) is 0.625. The fourth-order valence-corrected chi connectivity index (χ4v) is 3.58. The van der Waals surface area contributed by atoms with E-state index in [2.05, 4.69) is 46.0 Å². The van der Waals surface area contributed by atoms with Crippen LogP contribution in [-0.4, -0.2) is 12.6 Å². The minimum absolute atomic E-state index is 0.0939. The van der Waals surface area contributed by atoms with Crippen LogP contribution in [0.2, 0.25) is 0 Å². The van der Waals surface area contributed by atoms with Crippen molar-refractivity contribution in [3.63, 3.8) is 0 Å². The van der Waals surface area contributed by atoms with E-state index in [0.29, 0.717) is 6.04 Å². The van der Waals surface area contributed by atoms with Gasteiger partial charge in [0.25, 0.3) is 0 Å². The molecule has 2 rings (SSSR count). The Morgan fingerprint density at radius 3 is 2.79 bits per heavy atom. The number of anilines is 1. The Kier molecular flexibility index (Phi) is 5.28. The first kappa shape index (κ1) is 14.9. The van der Waals surface area contributed by atoms with Crippen molar-refractivity contribution in [2.75, 3.05) is 11.4 Å². The molecule has 1 aliphatic rings. The standard InChI is InChI=1S/C16H25BrN2/c1-3-14-7-5-4-6-10-19(14)16-9-8-13(12(2)18)11-15(16)17/h8-9,11-12,14H,3-7,10,18H2,1-2H3/t12-,14?/m1/s1. The third kappa shape index (κ3) is 3.51. The molecule has 106 valence electrons. The van der Waals surface area contributed by atoms with Gasteiger partial charge < -0.3 is 10.6 Å². The van der Waals surface area contributed by atoms with Crippen LogP contribution in [0.5, 0.6) is 0 Å². The predicted molar refractivity (Wildman–Crippen MR) is 86.6 cm³/mol. The van der Waals surface area contributed by atoms with Gasteiger partial charge in [-0.2, -0.15) is 0 Å². The van der Waals surface area contributed by atoms with Crippen LogP contribution >= 0.6 is 15.9 Å². The molecular weight excluding hydrogens is 300 g/mol. The number of nitrogens with two attached hydrogens (primary N) is 1. The smallest absolute Gasteiger partial charge is 0.0513 e. The van der Waals surface area contributed by atoms with E-state index in [-0.39, 0.29) is 6.04 Å². The lowest BCUT2D eigenvalue weighted by Crippen LogP contribution is -2.34. The molecule has 0 saturated carbocycles. The molecule has 2 N–H and O–H groups in total. The SMILES string of the molecule is CCC1CCCCCN1c1ccc([C@@H](C)N)cc1Br. The minimum atomic E-state index is 0.0939. The Hall–Kier alpha value is -0.540. The zero-order chi connectivity index (χ0) is 13.8. The van der Waals surface area contributed by atoms with Crippen LogP contribution in [0.1, 0.15) is 57.6 Å². The van der Waals surface area contributed by atoms with E-state index in [9.17, 15) is 0 Å². The summed E-state index contributed by atoms with van der Waals surface area (Å²) in [6.45, 7) is 5.50. The highest BCUT2D eigenvalue weighted by Gasteiger charge is 2.21. The molecule has 19 heavy (non-hydrogen) atoms. The topological polar surface area (TPSA) is 29.3 Å². The normalized spacial score (nSPS) is 22.1. The van der Waals surface area contributed by atoms with E-state index in [1.165, 1.54) is 54.4 Å². The van der Waals surface area contributed by atoms with Gasteiger partial charge in [0.05, 0.1) is 5.69 Å². The first-order valence-corrected chi connectivity index (χ1v) is 8.24. The van der Waals surface area contributed by atoms with E-state index in [0.717, 1.165) is 0 Å². The first-order chi connectivity index (χ1) is 9.13. The van der Waals surface area contributed by atoms with Crippen LogP contribution in [0.4, 0.5) is 5.69 Å². The van der Waals surface area contributed by atoms with Crippen LogP contribution in [0.15, 0.2) is 22.7 Å². The Balaban J connectivity index is 2.28. The third-order valence-corrected chi connectivity index (χ3v) is 4.79. The molecule has 1 fully saturated rings. The molecule has 1 heterocycles. The summed E-state index contributed by atoms with van der Waals surface area (Å²) in [4.78, 5) is 2.59. The van der Waals surface area contributed by atoms with Gasteiger partial charge in [0.2, 0.25) is 0 Å². The molecule has 1 unspecified atom stereocenters. The van der Waals surface area contributed by atoms with Gasteiger partial charge in [0.15, 0.2) is 0 Å². The Morgan fingerprint density at radius 1 is 1.37 bits per heavy atom. The van der Waals surface area contributed by atoms with E-state index < -0.39 is 0 Å². The molecule has 0 radical (unpaired) electrons. The predicted octanol–water partition coefficient (Wildman–Crippen LogP) is 4.63. The van der Waals surface area contributed by atoms with Crippen LogP contribution in [0.25, 0.3) is 0 Å². The van der Waals surface area contributed by atoms with E-state index in [1.807, 2.05) is 6.92 Å². The van der Waals surface area contributed by atoms with Gasteiger partial charge in [-0.3, -0.25) is 0 Å². The molecule has 0 amide bonds. The van der Waals surface area contributed by atoms with Gasteiger partial charge in [-0.1, -0.05) is 25.8 Å². The Bertz CT molecular complexity index is 417. The summed E-state index contributed by atoms with van der Waals surface area (Å²) in [5.41, 5.74) is 8.48. The highest BCUT2D eigenvalue weighted by molar-refractivity contribution is 9.10. The third-order valence-electron chi connectivity index (χ3n) is 4.16. The molecule has 1 aromatic carbocycles. The number of hydrogen-bond acceptors (Lipinski definition) is 2. The largest absolute Gasteiger partial charge is 0.368 e. The highest BCUT2D eigenvalue weighted by Crippen LogP contribution is 2.33. The second kappa shape index (κ2) is 6.76. The molecule has 3 heteroatoms. The number of halogens is 1. The zero-order valence-corrected chi connectivity index (χ0v) is 13.6. The Morgan fingerprint density at radius 2 is 2.16 bits per heavy atom. The summed E-state index contributed by atoms with van der Waals surface area (Å²) in [6, 6.07) is 7.35. The average Bonchev–Trinajstić information content (AvgIpc) is 2.63. The second-order valence-electron chi connectivity index (χ2n) is 5.60. The summed E-state index contributed by atoms with van der Waals surface area (Å²) >= 11 is 3.74. The van der Waals surface area contributed by atoms with Crippen molar-refractivity contribution in [1.82, 2.24) is 0 Å². The lowest BCUT2D eigenvalue weighted by atomic mass is 10.1. The molecular formula is C16H25BrN2. The van der Waals surface area contributed by atoms with E-state index in [4.69, 9.17) is 5.73 Å². The van der Waals surface area contributed by atoms with Crippen LogP contribution in [0.3, 0.4) is 0 Å². The van der Waals surface area contributed by atoms with Gasteiger partial charge in [-0.15, -0.1) is 0 Å². The molecule has 2 nitrogen and oxygen atoms in total. The molecule has 0 aliphatic carbocycles. The van der Waals surface area contributed by atoms with Crippen LogP contribution in [0, 0.1) is 0 Å². The van der Waals surface area contributed by atoms with Gasteiger partial charge >= 0.3 is 0 Å². The van der Waals surface area contributed by atoms with E-state index in [1.54, 1.807) is 0 Å². The highest BCUT2D eigenvalue weighted by atomic mass is 79.9. The minimum Gasteiger partial charge on any atom is -0.368 e. The van der Waals surface area contributed by atoms with Crippen molar-refractivity contribution in [2.45, 2.75) is 58.0 Å². The van der Waals surface area contributed by atoms with Crippen molar-refractivity contribution >= 4 is 21.6 Å². The first-order valence-electron chi connectivity index (χ1n) is 7.45. The quantitative estimate of drug-likeness (QED) is 0.878. The molecule has 1 saturated heterocycles. The second-order valence-corrected chi connectivity index (χ2v) is 6.46.